The quantitative estimate of drug-likeness (QED) is 0.411. The third-order valence-electron chi connectivity index (χ3n) is 5.35. The molecule has 1 aliphatic rings. The Morgan fingerprint density at radius 2 is 1.97 bits per heavy atom. The van der Waals surface area contributed by atoms with Gasteiger partial charge in [0.15, 0.2) is 0 Å². The van der Waals surface area contributed by atoms with Crippen molar-refractivity contribution < 1.29 is 13.9 Å². The van der Waals surface area contributed by atoms with Crippen LogP contribution < -0.4 is 0 Å². The third kappa shape index (κ3) is 4.06. The highest BCUT2D eigenvalue weighted by atomic mass is 35.5. The molecule has 3 aromatic rings. The number of halogens is 2. The van der Waals surface area contributed by atoms with E-state index >= 15 is 0 Å². The number of carbonyl (C=O) groups is 1. The second kappa shape index (κ2) is 8.37. The zero-order chi connectivity index (χ0) is 20.4. The van der Waals surface area contributed by atoms with E-state index in [0.717, 1.165) is 16.9 Å². The van der Waals surface area contributed by atoms with Crippen molar-refractivity contribution in [1.29, 1.82) is 0 Å². The molecule has 6 heteroatoms. The van der Waals surface area contributed by atoms with Crippen LogP contribution in [0, 0.1) is 11.7 Å². The first-order valence-electron chi connectivity index (χ1n) is 9.78. The molecule has 29 heavy (non-hydrogen) atoms. The SMILES string of the molecule is CCOC(=O)C1CC=CCC1c1nc2cc(F)ccc2n1Cc1ccc(Cl)cc1. The van der Waals surface area contributed by atoms with Gasteiger partial charge in [-0.1, -0.05) is 35.9 Å². The summed E-state index contributed by atoms with van der Waals surface area (Å²) >= 11 is 6.02. The number of hydrogen-bond acceptors (Lipinski definition) is 3. The summed E-state index contributed by atoms with van der Waals surface area (Å²) in [5.74, 6) is -0.181. The Kier molecular flexibility index (Phi) is 5.67. The molecule has 0 bridgehead atoms. The van der Waals surface area contributed by atoms with Crippen LogP contribution in [-0.4, -0.2) is 22.1 Å². The van der Waals surface area contributed by atoms with E-state index in [1.807, 2.05) is 37.3 Å². The molecule has 0 amide bonds. The van der Waals surface area contributed by atoms with Gasteiger partial charge in [0.05, 0.1) is 23.6 Å². The van der Waals surface area contributed by atoms with E-state index in [4.69, 9.17) is 21.3 Å². The maximum Gasteiger partial charge on any atom is 0.309 e. The summed E-state index contributed by atoms with van der Waals surface area (Å²) < 4.78 is 21.2. The molecule has 4 rings (SSSR count). The Balaban J connectivity index is 1.80. The molecular formula is C23H22ClFN2O2. The van der Waals surface area contributed by atoms with E-state index in [1.54, 1.807) is 6.07 Å². The highest BCUT2D eigenvalue weighted by Gasteiger charge is 2.34. The average molecular weight is 413 g/mol. The molecule has 0 N–H and O–H groups in total. The Morgan fingerprint density at radius 1 is 1.21 bits per heavy atom. The fourth-order valence-corrected chi connectivity index (χ4v) is 4.08. The van der Waals surface area contributed by atoms with Gasteiger partial charge in [-0.05, 0) is 49.6 Å². The van der Waals surface area contributed by atoms with Gasteiger partial charge < -0.3 is 9.30 Å². The van der Waals surface area contributed by atoms with Crippen LogP contribution in [0.3, 0.4) is 0 Å². The number of allylic oxidation sites excluding steroid dienone is 2. The van der Waals surface area contributed by atoms with Crippen LogP contribution in [0.5, 0.6) is 0 Å². The van der Waals surface area contributed by atoms with Gasteiger partial charge in [-0.3, -0.25) is 4.79 Å². The van der Waals surface area contributed by atoms with Crippen molar-refractivity contribution in [3.05, 3.63) is 76.8 Å². The van der Waals surface area contributed by atoms with Crippen LogP contribution in [0.4, 0.5) is 4.39 Å². The lowest BCUT2D eigenvalue weighted by molar-refractivity contribution is -0.149. The fraction of sp³-hybridized carbons (Fsp3) is 0.304. The molecule has 1 aromatic heterocycles. The van der Waals surface area contributed by atoms with Crippen molar-refractivity contribution in [3.63, 3.8) is 0 Å². The molecular weight excluding hydrogens is 391 g/mol. The zero-order valence-corrected chi connectivity index (χ0v) is 16.9. The van der Waals surface area contributed by atoms with E-state index in [1.165, 1.54) is 12.1 Å². The highest BCUT2D eigenvalue weighted by molar-refractivity contribution is 6.30. The highest BCUT2D eigenvalue weighted by Crippen LogP contribution is 2.37. The van der Waals surface area contributed by atoms with Crippen LogP contribution in [0.15, 0.2) is 54.6 Å². The van der Waals surface area contributed by atoms with E-state index in [9.17, 15) is 9.18 Å². The number of nitrogens with zero attached hydrogens (tertiary/aromatic N) is 2. The van der Waals surface area contributed by atoms with Crippen molar-refractivity contribution in [2.45, 2.75) is 32.2 Å². The summed E-state index contributed by atoms with van der Waals surface area (Å²) in [5.41, 5.74) is 2.48. The summed E-state index contributed by atoms with van der Waals surface area (Å²) in [6, 6.07) is 12.2. The minimum absolute atomic E-state index is 0.123. The van der Waals surface area contributed by atoms with Crippen LogP contribution >= 0.6 is 11.6 Å². The predicted molar refractivity (Wildman–Crippen MR) is 111 cm³/mol. The number of imidazole rings is 1. The predicted octanol–water partition coefficient (Wildman–Crippen LogP) is 5.49. The van der Waals surface area contributed by atoms with E-state index in [-0.39, 0.29) is 23.6 Å². The lowest BCUT2D eigenvalue weighted by Crippen LogP contribution is -2.28. The molecule has 150 valence electrons. The van der Waals surface area contributed by atoms with E-state index in [2.05, 4.69) is 10.6 Å². The molecule has 0 radical (unpaired) electrons. The molecule has 1 aliphatic carbocycles. The van der Waals surface area contributed by atoms with Gasteiger partial charge in [0, 0.05) is 23.6 Å². The molecule has 0 saturated carbocycles. The number of benzene rings is 2. The van der Waals surface area contributed by atoms with Gasteiger partial charge >= 0.3 is 5.97 Å². The molecule has 0 aliphatic heterocycles. The normalized spacial score (nSPS) is 18.9. The van der Waals surface area contributed by atoms with Gasteiger partial charge in [-0.15, -0.1) is 0 Å². The maximum absolute atomic E-state index is 13.8. The number of ether oxygens (including phenoxy) is 1. The molecule has 4 nitrogen and oxygen atoms in total. The summed E-state index contributed by atoms with van der Waals surface area (Å²) in [6.45, 7) is 2.71. The van der Waals surface area contributed by atoms with E-state index < -0.39 is 0 Å². The van der Waals surface area contributed by atoms with Crippen LogP contribution in [0.1, 0.15) is 37.1 Å². The van der Waals surface area contributed by atoms with Crippen LogP contribution in [-0.2, 0) is 16.1 Å². The van der Waals surface area contributed by atoms with Crippen LogP contribution in [0.2, 0.25) is 5.02 Å². The topological polar surface area (TPSA) is 44.1 Å². The molecule has 2 atom stereocenters. The summed E-state index contributed by atoms with van der Waals surface area (Å²) in [6.07, 6.45) is 5.40. The minimum atomic E-state index is -0.328. The first-order chi connectivity index (χ1) is 14.1. The maximum atomic E-state index is 13.8. The van der Waals surface area contributed by atoms with Crippen molar-refractivity contribution >= 4 is 28.6 Å². The van der Waals surface area contributed by atoms with Crippen LogP contribution in [0.25, 0.3) is 11.0 Å². The summed E-state index contributed by atoms with van der Waals surface area (Å²) in [5, 5.41) is 0.673. The second-order valence-corrected chi connectivity index (χ2v) is 7.66. The number of fused-ring (bicyclic) bond motifs is 1. The molecule has 2 aromatic carbocycles. The number of rotatable bonds is 5. The first-order valence-corrected chi connectivity index (χ1v) is 10.2. The van der Waals surface area contributed by atoms with Crippen molar-refractivity contribution in [1.82, 2.24) is 9.55 Å². The minimum Gasteiger partial charge on any atom is -0.466 e. The smallest absolute Gasteiger partial charge is 0.309 e. The first kappa shape index (κ1) is 19.6. The number of aromatic nitrogens is 2. The Bertz CT molecular complexity index is 1060. The summed E-state index contributed by atoms with van der Waals surface area (Å²) in [7, 11) is 0. The summed E-state index contributed by atoms with van der Waals surface area (Å²) in [4.78, 5) is 17.3. The number of hydrogen-bond donors (Lipinski definition) is 0. The van der Waals surface area contributed by atoms with Gasteiger partial charge in [0.1, 0.15) is 11.6 Å². The van der Waals surface area contributed by atoms with Gasteiger partial charge in [0.2, 0.25) is 0 Å². The van der Waals surface area contributed by atoms with E-state index in [0.29, 0.717) is 36.5 Å². The second-order valence-electron chi connectivity index (χ2n) is 7.22. The number of esters is 1. The van der Waals surface area contributed by atoms with Crippen molar-refractivity contribution in [3.8, 4) is 0 Å². The molecule has 0 fully saturated rings. The number of carbonyl (C=O) groups excluding carboxylic acids is 1. The zero-order valence-electron chi connectivity index (χ0n) is 16.1. The standard InChI is InChI=1S/C23H22ClFN2O2/c1-2-29-23(28)19-6-4-3-5-18(19)22-26-20-13-17(25)11-12-21(20)27(22)14-15-7-9-16(24)10-8-15/h3-4,7-13,18-19H,2,5-6,14H2,1H3. The average Bonchev–Trinajstić information content (AvgIpc) is 3.07. The largest absolute Gasteiger partial charge is 0.466 e. The lowest BCUT2D eigenvalue weighted by Gasteiger charge is -2.27. The Labute approximate surface area is 174 Å². The lowest BCUT2D eigenvalue weighted by atomic mass is 9.82. The van der Waals surface area contributed by atoms with Gasteiger partial charge in [-0.2, -0.15) is 0 Å². The Morgan fingerprint density at radius 3 is 2.72 bits per heavy atom. The van der Waals surface area contributed by atoms with Gasteiger partial charge in [0.25, 0.3) is 0 Å². The molecule has 0 spiro atoms. The molecule has 0 saturated heterocycles. The molecule has 2 unspecified atom stereocenters. The molecule has 1 heterocycles. The third-order valence-corrected chi connectivity index (χ3v) is 5.60. The van der Waals surface area contributed by atoms with Crippen molar-refractivity contribution in [2.75, 3.05) is 6.61 Å². The Hall–Kier alpha value is -2.66. The van der Waals surface area contributed by atoms with Gasteiger partial charge in [-0.25, -0.2) is 9.37 Å². The monoisotopic (exact) mass is 412 g/mol. The van der Waals surface area contributed by atoms with Crippen molar-refractivity contribution in [2.24, 2.45) is 5.92 Å². The fourth-order valence-electron chi connectivity index (χ4n) is 3.95.